The second-order valence-corrected chi connectivity index (χ2v) is 4.53. The number of methoxy groups -OCH3 is 1. The fourth-order valence-corrected chi connectivity index (χ4v) is 1.63. The molecule has 16 heavy (non-hydrogen) atoms. The molecule has 1 heterocycles. The Morgan fingerprint density at radius 3 is 2.62 bits per heavy atom. The van der Waals surface area contributed by atoms with Gasteiger partial charge in [-0.3, -0.25) is 9.48 Å². The predicted molar refractivity (Wildman–Crippen MR) is 62.9 cm³/mol. The van der Waals surface area contributed by atoms with E-state index in [-0.39, 0.29) is 12.6 Å². The van der Waals surface area contributed by atoms with E-state index >= 15 is 0 Å². The number of aromatic nitrogens is 2. The summed E-state index contributed by atoms with van der Waals surface area (Å²) >= 11 is 3.19. The number of carbonyl (C=O) groups is 1. The Hall–Kier alpha value is -1.04. The Kier molecular flexibility index (Phi) is 4.35. The topological polar surface area (TPSA) is 53.4 Å². The minimum Gasteiger partial charge on any atom is -0.488 e. The molecule has 0 spiro atoms. The van der Waals surface area contributed by atoms with E-state index in [1.165, 1.54) is 7.11 Å². The van der Waals surface area contributed by atoms with Gasteiger partial charge in [0.2, 0.25) is 0 Å². The van der Waals surface area contributed by atoms with E-state index in [1.807, 2.05) is 20.9 Å². The van der Waals surface area contributed by atoms with Gasteiger partial charge in [-0.2, -0.15) is 5.10 Å². The van der Waals surface area contributed by atoms with E-state index in [2.05, 4.69) is 25.8 Å². The van der Waals surface area contributed by atoms with Gasteiger partial charge in [-0.15, -0.1) is 0 Å². The van der Waals surface area contributed by atoms with Gasteiger partial charge in [-0.1, -0.05) is 15.9 Å². The molecule has 1 atom stereocenters. The summed E-state index contributed by atoms with van der Waals surface area (Å²) in [5.41, 5.74) is 1.74. The molecule has 0 aliphatic heterocycles. The van der Waals surface area contributed by atoms with Gasteiger partial charge in [-0.05, 0) is 13.8 Å². The zero-order chi connectivity index (χ0) is 12.3. The van der Waals surface area contributed by atoms with Crippen LogP contribution in [0.2, 0.25) is 0 Å². The number of halogens is 1. The van der Waals surface area contributed by atoms with Crippen LogP contribution in [0.15, 0.2) is 0 Å². The molecule has 1 aromatic rings. The van der Waals surface area contributed by atoms with E-state index in [4.69, 9.17) is 4.74 Å². The molecule has 0 radical (unpaired) electrons. The number of rotatable bonds is 4. The van der Waals surface area contributed by atoms with E-state index in [1.54, 1.807) is 4.68 Å². The summed E-state index contributed by atoms with van der Waals surface area (Å²) in [6, 6.07) is 0. The second-order valence-electron chi connectivity index (χ2n) is 3.43. The van der Waals surface area contributed by atoms with Gasteiger partial charge in [0.05, 0.1) is 12.8 Å². The van der Waals surface area contributed by atoms with Crippen LogP contribution in [0.4, 0.5) is 0 Å². The van der Waals surface area contributed by atoms with E-state index in [0.717, 1.165) is 17.1 Å². The average molecular weight is 291 g/mol. The number of hydrogen-bond donors (Lipinski definition) is 0. The summed E-state index contributed by atoms with van der Waals surface area (Å²) in [5.74, 6) is 0.370. The van der Waals surface area contributed by atoms with Gasteiger partial charge in [0, 0.05) is 7.05 Å². The first-order valence-electron chi connectivity index (χ1n) is 4.82. The number of alkyl halides is 1. The summed E-state index contributed by atoms with van der Waals surface area (Å²) < 4.78 is 11.9. The van der Waals surface area contributed by atoms with Gasteiger partial charge in [0.25, 0.3) is 0 Å². The SMILES string of the molecule is COC(=O)C(Br)COc1c(C)nn(C)c1C. The first-order valence-corrected chi connectivity index (χ1v) is 5.73. The van der Waals surface area contributed by atoms with Crippen molar-refractivity contribution in [3.63, 3.8) is 0 Å². The van der Waals surface area contributed by atoms with Crippen LogP contribution in [-0.2, 0) is 16.6 Å². The Labute approximate surface area is 103 Å². The van der Waals surface area contributed by atoms with Crippen molar-refractivity contribution in [3.05, 3.63) is 11.4 Å². The van der Waals surface area contributed by atoms with Crippen LogP contribution in [0.1, 0.15) is 11.4 Å². The Morgan fingerprint density at radius 1 is 1.56 bits per heavy atom. The van der Waals surface area contributed by atoms with Crippen LogP contribution < -0.4 is 4.74 Å². The van der Waals surface area contributed by atoms with Crippen LogP contribution in [-0.4, -0.2) is 34.3 Å². The molecule has 0 saturated heterocycles. The third-order valence-corrected chi connectivity index (χ3v) is 2.91. The molecular formula is C10H15BrN2O3. The fraction of sp³-hybridized carbons (Fsp3) is 0.600. The molecular weight excluding hydrogens is 276 g/mol. The van der Waals surface area contributed by atoms with Gasteiger partial charge in [0.1, 0.15) is 17.1 Å². The second kappa shape index (κ2) is 5.34. The van der Waals surface area contributed by atoms with Crippen LogP contribution in [0, 0.1) is 13.8 Å². The highest BCUT2D eigenvalue weighted by Crippen LogP contribution is 2.22. The molecule has 0 bridgehead atoms. The lowest BCUT2D eigenvalue weighted by Crippen LogP contribution is -2.23. The molecule has 5 nitrogen and oxygen atoms in total. The fourth-order valence-electron chi connectivity index (χ4n) is 1.32. The van der Waals surface area contributed by atoms with E-state index in [9.17, 15) is 4.79 Å². The van der Waals surface area contributed by atoms with Crippen molar-refractivity contribution >= 4 is 21.9 Å². The highest BCUT2D eigenvalue weighted by atomic mass is 79.9. The molecule has 1 unspecified atom stereocenters. The van der Waals surface area contributed by atoms with Crippen molar-refractivity contribution < 1.29 is 14.3 Å². The maximum atomic E-state index is 11.1. The monoisotopic (exact) mass is 290 g/mol. The lowest BCUT2D eigenvalue weighted by Gasteiger charge is -2.10. The zero-order valence-corrected chi connectivity index (χ0v) is 11.4. The van der Waals surface area contributed by atoms with E-state index < -0.39 is 4.83 Å². The lowest BCUT2D eigenvalue weighted by molar-refractivity contribution is -0.140. The van der Waals surface area contributed by atoms with Crippen molar-refractivity contribution in [2.24, 2.45) is 7.05 Å². The Bertz CT molecular complexity index is 390. The summed E-state index contributed by atoms with van der Waals surface area (Å²) in [6.07, 6.45) is 0. The van der Waals surface area contributed by atoms with Crippen molar-refractivity contribution in [2.45, 2.75) is 18.7 Å². The van der Waals surface area contributed by atoms with Gasteiger partial charge >= 0.3 is 5.97 Å². The lowest BCUT2D eigenvalue weighted by atomic mass is 10.3. The van der Waals surface area contributed by atoms with Crippen LogP contribution >= 0.6 is 15.9 Å². The maximum absolute atomic E-state index is 11.1. The summed E-state index contributed by atoms with van der Waals surface area (Å²) in [6.45, 7) is 4.00. The zero-order valence-electron chi connectivity index (χ0n) is 9.78. The maximum Gasteiger partial charge on any atom is 0.322 e. The molecule has 0 N–H and O–H groups in total. The normalized spacial score (nSPS) is 12.3. The highest BCUT2D eigenvalue weighted by molar-refractivity contribution is 9.10. The summed E-state index contributed by atoms with van der Waals surface area (Å²) in [4.78, 5) is 10.7. The standard InChI is InChI=1S/C10H15BrN2O3/c1-6-9(7(2)13(3)12-6)16-5-8(11)10(14)15-4/h8H,5H2,1-4H3. The summed E-state index contributed by atoms with van der Waals surface area (Å²) in [7, 11) is 3.19. The van der Waals surface area contributed by atoms with Crippen LogP contribution in [0.5, 0.6) is 5.75 Å². The van der Waals surface area contributed by atoms with Crippen LogP contribution in [0.3, 0.4) is 0 Å². The third kappa shape index (κ3) is 2.75. The van der Waals surface area contributed by atoms with Crippen molar-refractivity contribution in [1.29, 1.82) is 0 Å². The Morgan fingerprint density at radius 2 is 2.19 bits per heavy atom. The molecule has 0 aliphatic carbocycles. The number of aryl methyl sites for hydroxylation is 2. The number of ether oxygens (including phenoxy) is 2. The van der Waals surface area contributed by atoms with Crippen molar-refractivity contribution in [3.8, 4) is 5.75 Å². The first kappa shape index (κ1) is 13.0. The van der Waals surface area contributed by atoms with Gasteiger partial charge < -0.3 is 9.47 Å². The molecule has 6 heteroatoms. The molecule has 90 valence electrons. The number of nitrogens with zero attached hydrogens (tertiary/aromatic N) is 2. The number of carbonyl (C=O) groups excluding carboxylic acids is 1. The highest BCUT2D eigenvalue weighted by Gasteiger charge is 2.18. The van der Waals surface area contributed by atoms with Crippen molar-refractivity contribution in [1.82, 2.24) is 9.78 Å². The largest absolute Gasteiger partial charge is 0.488 e. The average Bonchev–Trinajstić information content (AvgIpc) is 2.49. The van der Waals surface area contributed by atoms with E-state index in [0.29, 0.717) is 0 Å². The van der Waals surface area contributed by atoms with Gasteiger partial charge in [-0.25, -0.2) is 0 Å². The number of esters is 1. The minimum absolute atomic E-state index is 0.222. The molecule has 0 saturated carbocycles. The molecule has 0 amide bonds. The van der Waals surface area contributed by atoms with Crippen LogP contribution in [0.25, 0.3) is 0 Å². The third-order valence-electron chi connectivity index (χ3n) is 2.27. The molecule has 0 aliphatic rings. The first-order chi connectivity index (χ1) is 7.47. The quantitative estimate of drug-likeness (QED) is 0.621. The van der Waals surface area contributed by atoms with Crippen molar-refractivity contribution in [2.75, 3.05) is 13.7 Å². The smallest absolute Gasteiger partial charge is 0.322 e. The number of hydrogen-bond acceptors (Lipinski definition) is 4. The van der Waals surface area contributed by atoms with Gasteiger partial charge in [0.15, 0.2) is 5.75 Å². The molecule has 0 fully saturated rings. The minimum atomic E-state index is -0.462. The predicted octanol–water partition coefficient (Wildman–Crippen LogP) is 1.35. The molecule has 1 aromatic heterocycles. The molecule has 1 rings (SSSR count). The summed E-state index contributed by atoms with van der Waals surface area (Å²) in [5, 5.41) is 4.21. The molecule has 0 aromatic carbocycles. The Balaban J connectivity index is 2.64.